The van der Waals surface area contributed by atoms with Crippen LogP contribution in [0.25, 0.3) is 11.4 Å². The van der Waals surface area contributed by atoms with Crippen LogP contribution < -0.4 is 14.4 Å². The number of hydrogen-bond donors (Lipinski definition) is 0. The zero-order valence-corrected chi connectivity index (χ0v) is 19.9. The molecule has 1 fully saturated rings. The van der Waals surface area contributed by atoms with Crippen LogP contribution >= 0.6 is 11.6 Å². The highest BCUT2D eigenvalue weighted by Crippen LogP contribution is 2.35. The standard InChI is InChI=1S/C23H21ClN6O5/c1-4-34-16-8-6-13(9-17(16)33-3)21-25-18(35-27-21)11-29-20-19(26-28-29)22(31)30(23(20)32)14-7-5-12(2)15(24)10-14/h5-10,19-20H,4,11H2,1-3H3/t19-,20-/m1/s1. The van der Waals surface area contributed by atoms with Gasteiger partial charge in [-0.05, 0) is 49.7 Å². The first-order chi connectivity index (χ1) is 16.9. The second-order valence-electron chi connectivity index (χ2n) is 7.95. The van der Waals surface area contributed by atoms with E-state index in [0.717, 1.165) is 10.5 Å². The van der Waals surface area contributed by atoms with Crippen molar-refractivity contribution < 1.29 is 23.6 Å². The summed E-state index contributed by atoms with van der Waals surface area (Å²) in [5, 5.41) is 13.9. The van der Waals surface area contributed by atoms with Gasteiger partial charge in [-0.25, -0.2) is 4.90 Å². The first kappa shape index (κ1) is 22.8. The summed E-state index contributed by atoms with van der Waals surface area (Å²) in [7, 11) is 1.55. The smallest absolute Gasteiger partial charge is 0.263 e. The van der Waals surface area contributed by atoms with E-state index in [9.17, 15) is 9.59 Å². The maximum atomic E-state index is 13.2. The monoisotopic (exact) mass is 496 g/mol. The lowest BCUT2D eigenvalue weighted by Gasteiger charge is -2.19. The van der Waals surface area contributed by atoms with Crippen LogP contribution in [0.4, 0.5) is 5.69 Å². The number of carbonyl (C=O) groups is 2. The second-order valence-corrected chi connectivity index (χ2v) is 8.36. The molecule has 1 aromatic heterocycles. The van der Waals surface area contributed by atoms with Crippen LogP contribution in [0.3, 0.4) is 0 Å². The molecule has 2 aromatic carbocycles. The predicted octanol–water partition coefficient (Wildman–Crippen LogP) is 3.60. The van der Waals surface area contributed by atoms with Crippen LogP contribution in [0, 0.1) is 6.92 Å². The topological polar surface area (TPSA) is 123 Å². The summed E-state index contributed by atoms with van der Waals surface area (Å²) in [5.74, 6) is 0.788. The Labute approximate surface area is 205 Å². The molecule has 2 aliphatic heterocycles. The van der Waals surface area contributed by atoms with Gasteiger partial charge in [0.05, 0.1) is 19.4 Å². The summed E-state index contributed by atoms with van der Waals surface area (Å²) < 4.78 is 16.3. The number of rotatable bonds is 7. The lowest BCUT2D eigenvalue weighted by Crippen LogP contribution is -2.39. The van der Waals surface area contributed by atoms with Crippen molar-refractivity contribution in [1.82, 2.24) is 15.1 Å². The number of nitrogens with zero attached hydrogens (tertiary/aromatic N) is 6. The molecule has 11 nitrogen and oxygen atoms in total. The summed E-state index contributed by atoms with van der Waals surface area (Å²) in [4.78, 5) is 31.6. The number of hydrogen-bond acceptors (Lipinski definition) is 10. The van der Waals surface area contributed by atoms with Crippen molar-refractivity contribution in [2.24, 2.45) is 10.3 Å². The maximum Gasteiger partial charge on any atom is 0.263 e. The van der Waals surface area contributed by atoms with Crippen LogP contribution in [0.2, 0.25) is 5.02 Å². The highest BCUT2D eigenvalue weighted by atomic mass is 35.5. The van der Waals surface area contributed by atoms with Gasteiger partial charge in [0.2, 0.25) is 11.7 Å². The molecule has 0 spiro atoms. The van der Waals surface area contributed by atoms with Crippen molar-refractivity contribution in [3.63, 3.8) is 0 Å². The summed E-state index contributed by atoms with van der Waals surface area (Å²) in [6, 6.07) is 8.47. The van der Waals surface area contributed by atoms with Gasteiger partial charge in [-0.3, -0.25) is 14.6 Å². The third kappa shape index (κ3) is 3.97. The van der Waals surface area contributed by atoms with Crippen LogP contribution in [-0.4, -0.2) is 52.8 Å². The summed E-state index contributed by atoms with van der Waals surface area (Å²) in [6.45, 7) is 4.24. The first-order valence-corrected chi connectivity index (χ1v) is 11.2. The number of carbonyl (C=O) groups excluding carboxylic acids is 2. The number of aromatic nitrogens is 2. The van der Waals surface area contributed by atoms with Crippen molar-refractivity contribution in [1.29, 1.82) is 0 Å². The quantitative estimate of drug-likeness (QED) is 0.454. The molecule has 0 radical (unpaired) electrons. The Hall–Kier alpha value is -3.99. The summed E-state index contributed by atoms with van der Waals surface area (Å²) in [6.07, 6.45) is 0. The molecule has 0 aliphatic carbocycles. The molecule has 5 rings (SSSR count). The number of methoxy groups -OCH3 is 1. The maximum absolute atomic E-state index is 13.2. The normalized spacial score (nSPS) is 19.0. The van der Waals surface area contributed by atoms with Gasteiger partial charge >= 0.3 is 0 Å². The molecule has 0 bridgehead atoms. The van der Waals surface area contributed by atoms with Crippen LogP contribution in [-0.2, 0) is 16.1 Å². The Morgan fingerprint density at radius 2 is 1.94 bits per heavy atom. The van der Waals surface area contributed by atoms with Crippen molar-refractivity contribution in [3.8, 4) is 22.9 Å². The van der Waals surface area contributed by atoms with Crippen molar-refractivity contribution in [3.05, 3.63) is 52.9 Å². The highest BCUT2D eigenvalue weighted by molar-refractivity contribution is 6.32. The van der Waals surface area contributed by atoms with Gasteiger partial charge in [-0.2, -0.15) is 10.1 Å². The third-order valence-electron chi connectivity index (χ3n) is 5.76. The van der Waals surface area contributed by atoms with E-state index in [1.807, 2.05) is 13.8 Å². The minimum Gasteiger partial charge on any atom is -0.493 e. The average molecular weight is 497 g/mol. The Kier molecular flexibility index (Phi) is 5.85. The fraction of sp³-hybridized carbons (Fsp3) is 0.304. The molecule has 0 unspecified atom stereocenters. The Balaban J connectivity index is 1.34. The molecule has 2 atom stereocenters. The number of anilines is 1. The van der Waals surface area contributed by atoms with Crippen LogP contribution in [0.15, 0.2) is 51.3 Å². The lowest BCUT2D eigenvalue weighted by molar-refractivity contribution is -0.123. The molecular weight excluding hydrogens is 476 g/mol. The van der Waals surface area contributed by atoms with E-state index >= 15 is 0 Å². The van der Waals surface area contributed by atoms with E-state index in [0.29, 0.717) is 40.2 Å². The van der Waals surface area contributed by atoms with Gasteiger partial charge in [-0.15, -0.1) is 0 Å². The van der Waals surface area contributed by atoms with Crippen molar-refractivity contribution >= 4 is 29.1 Å². The van der Waals surface area contributed by atoms with Gasteiger partial charge in [-0.1, -0.05) is 28.0 Å². The molecule has 0 saturated carbocycles. The number of imide groups is 1. The zero-order valence-electron chi connectivity index (χ0n) is 19.1. The molecule has 35 heavy (non-hydrogen) atoms. The fourth-order valence-corrected chi connectivity index (χ4v) is 4.16. The molecule has 180 valence electrons. The minimum atomic E-state index is -0.944. The van der Waals surface area contributed by atoms with Gasteiger partial charge < -0.3 is 14.0 Å². The van der Waals surface area contributed by atoms with E-state index in [1.165, 1.54) is 5.01 Å². The summed E-state index contributed by atoms with van der Waals surface area (Å²) in [5.41, 5.74) is 1.90. The molecular formula is C23H21ClN6O5. The third-order valence-corrected chi connectivity index (χ3v) is 6.17. The van der Waals surface area contributed by atoms with Crippen LogP contribution in [0.5, 0.6) is 11.5 Å². The second kappa shape index (κ2) is 8.99. The average Bonchev–Trinajstić information content (AvgIpc) is 3.54. The Bertz CT molecular complexity index is 1340. The molecule has 2 amide bonds. The van der Waals surface area contributed by atoms with Gasteiger partial charge in [0.15, 0.2) is 23.6 Å². The largest absolute Gasteiger partial charge is 0.493 e. The zero-order chi connectivity index (χ0) is 24.7. The van der Waals surface area contributed by atoms with Crippen LogP contribution in [0.1, 0.15) is 18.4 Å². The van der Waals surface area contributed by atoms with E-state index in [1.54, 1.807) is 43.5 Å². The number of fused-ring (bicyclic) bond motifs is 1. The minimum absolute atomic E-state index is 0.00729. The van der Waals surface area contributed by atoms with E-state index in [2.05, 4.69) is 20.5 Å². The molecule has 12 heteroatoms. The van der Waals surface area contributed by atoms with E-state index in [-0.39, 0.29) is 12.4 Å². The van der Waals surface area contributed by atoms with Gasteiger partial charge in [0.25, 0.3) is 11.8 Å². The number of halogens is 1. The Morgan fingerprint density at radius 3 is 2.69 bits per heavy atom. The molecule has 3 heterocycles. The Morgan fingerprint density at radius 1 is 1.11 bits per heavy atom. The number of aryl methyl sites for hydroxylation is 1. The number of benzene rings is 2. The first-order valence-electron chi connectivity index (χ1n) is 10.9. The SMILES string of the molecule is CCOc1ccc(-c2noc(CN3N=N[C@H]4C(=O)N(c5ccc(C)c(Cl)c5)C(=O)[C@@H]43)n2)cc1OC. The van der Waals surface area contributed by atoms with Crippen molar-refractivity contribution in [2.45, 2.75) is 32.5 Å². The predicted molar refractivity (Wildman–Crippen MR) is 124 cm³/mol. The summed E-state index contributed by atoms with van der Waals surface area (Å²) >= 11 is 6.20. The molecule has 0 N–H and O–H groups in total. The van der Waals surface area contributed by atoms with Crippen molar-refractivity contribution in [2.75, 3.05) is 18.6 Å². The fourth-order valence-electron chi connectivity index (χ4n) is 3.99. The number of ether oxygens (including phenoxy) is 2. The van der Waals surface area contributed by atoms with Gasteiger partial charge in [0, 0.05) is 10.6 Å². The van der Waals surface area contributed by atoms with E-state index < -0.39 is 23.9 Å². The lowest BCUT2D eigenvalue weighted by atomic mass is 10.1. The van der Waals surface area contributed by atoms with Gasteiger partial charge in [0.1, 0.15) is 6.54 Å². The number of amides is 2. The highest BCUT2D eigenvalue weighted by Gasteiger charge is 2.55. The molecule has 1 saturated heterocycles. The van der Waals surface area contributed by atoms with E-state index in [4.69, 9.17) is 25.6 Å². The molecule has 2 aliphatic rings. The molecule has 3 aromatic rings.